The maximum atomic E-state index is 13.6. The number of hydrogen-bond acceptors (Lipinski definition) is 3. The van der Waals surface area contributed by atoms with E-state index in [0.29, 0.717) is 5.92 Å². The topological polar surface area (TPSA) is 42.7 Å². The van der Waals surface area contributed by atoms with Gasteiger partial charge in [0, 0.05) is 36.6 Å². The van der Waals surface area contributed by atoms with Crippen LogP contribution in [0.25, 0.3) is 11.3 Å². The highest BCUT2D eigenvalue weighted by atomic mass is 19.1. The van der Waals surface area contributed by atoms with Gasteiger partial charge in [0.2, 0.25) is 0 Å². The second-order valence-corrected chi connectivity index (χ2v) is 7.67. The van der Waals surface area contributed by atoms with Crippen molar-refractivity contribution in [2.75, 3.05) is 5.32 Å². The first-order valence-electron chi connectivity index (χ1n) is 9.80. The zero-order chi connectivity index (χ0) is 18.2. The van der Waals surface area contributed by atoms with Crippen molar-refractivity contribution in [3.63, 3.8) is 0 Å². The lowest BCUT2D eigenvalue weighted by atomic mass is 10.0. The highest BCUT2D eigenvalue weighted by molar-refractivity contribution is 5.63. The number of fused-ring (bicyclic) bond motifs is 1. The average molecular weight is 362 g/mol. The van der Waals surface area contributed by atoms with Crippen molar-refractivity contribution in [3.8, 4) is 11.3 Å². The molecular formula is C22H23FN4. The van der Waals surface area contributed by atoms with Gasteiger partial charge in [-0.15, -0.1) is 0 Å². The molecule has 0 amide bonds. The number of halogens is 1. The Balaban J connectivity index is 1.36. The number of pyridine rings is 1. The van der Waals surface area contributed by atoms with Crippen LogP contribution in [-0.2, 0) is 13.0 Å². The van der Waals surface area contributed by atoms with Gasteiger partial charge in [-0.1, -0.05) is 12.1 Å². The minimum atomic E-state index is -0.279. The predicted molar refractivity (Wildman–Crippen MR) is 104 cm³/mol. The number of anilines is 1. The van der Waals surface area contributed by atoms with Crippen molar-refractivity contribution in [1.82, 2.24) is 14.5 Å². The molecule has 1 N–H and O–H groups in total. The van der Waals surface area contributed by atoms with Crippen LogP contribution in [0.5, 0.6) is 0 Å². The molecule has 2 aromatic heterocycles. The van der Waals surface area contributed by atoms with Crippen molar-refractivity contribution in [1.29, 1.82) is 0 Å². The summed E-state index contributed by atoms with van der Waals surface area (Å²) in [5.74, 6) is 1.47. The number of benzene rings is 1. The van der Waals surface area contributed by atoms with Crippen molar-refractivity contribution in [2.45, 2.75) is 44.7 Å². The summed E-state index contributed by atoms with van der Waals surface area (Å²) >= 11 is 0. The summed E-state index contributed by atoms with van der Waals surface area (Å²) in [6, 6.07) is 10.1. The van der Waals surface area contributed by atoms with Gasteiger partial charge in [0.1, 0.15) is 11.6 Å². The predicted octanol–water partition coefficient (Wildman–Crippen LogP) is 4.98. The average Bonchev–Trinajstić information content (AvgIpc) is 3.44. The molecule has 1 aromatic carbocycles. The largest absolute Gasteiger partial charge is 0.378 e. The van der Waals surface area contributed by atoms with Gasteiger partial charge >= 0.3 is 0 Å². The van der Waals surface area contributed by atoms with Gasteiger partial charge in [-0.2, -0.15) is 0 Å². The van der Waals surface area contributed by atoms with E-state index in [1.165, 1.54) is 37.7 Å². The molecular weight excluding hydrogens is 339 g/mol. The van der Waals surface area contributed by atoms with Gasteiger partial charge in [-0.3, -0.25) is 4.98 Å². The molecule has 2 aliphatic rings. The molecule has 1 aliphatic carbocycles. The molecule has 27 heavy (non-hydrogen) atoms. The van der Waals surface area contributed by atoms with Crippen LogP contribution >= 0.6 is 0 Å². The Hall–Kier alpha value is -2.69. The Kier molecular flexibility index (Phi) is 4.15. The minimum Gasteiger partial charge on any atom is -0.378 e. The van der Waals surface area contributed by atoms with Crippen LogP contribution in [0.15, 0.2) is 48.9 Å². The van der Waals surface area contributed by atoms with E-state index in [1.54, 1.807) is 12.3 Å². The molecule has 138 valence electrons. The van der Waals surface area contributed by atoms with Crippen molar-refractivity contribution < 1.29 is 4.39 Å². The van der Waals surface area contributed by atoms with E-state index in [1.807, 2.05) is 0 Å². The number of imidazole rings is 1. The number of rotatable bonds is 5. The van der Waals surface area contributed by atoms with Crippen LogP contribution in [0.4, 0.5) is 10.1 Å². The first kappa shape index (κ1) is 16.5. The van der Waals surface area contributed by atoms with Crippen molar-refractivity contribution in [2.24, 2.45) is 5.92 Å². The Morgan fingerprint density at radius 3 is 2.70 bits per heavy atom. The van der Waals surface area contributed by atoms with Gasteiger partial charge in [0.15, 0.2) is 0 Å². The van der Waals surface area contributed by atoms with E-state index < -0.39 is 0 Å². The standard InChI is InChI=1S/C22H23FN4/c23-18-11-17(12-24-13-18)22(16-4-5-16)25-19-8-6-15(7-9-19)20-14-27-10-2-1-3-21(27)26-20/h6-9,11-14,16,22,25H,1-5,10H2. The molecule has 3 heterocycles. The molecule has 5 heteroatoms. The van der Waals surface area contributed by atoms with Crippen molar-refractivity contribution in [3.05, 3.63) is 66.1 Å². The number of aryl methyl sites for hydroxylation is 2. The molecule has 1 aliphatic heterocycles. The third kappa shape index (κ3) is 3.46. The Labute approximate surface area is 158 Å². The van der Waals surface area contributed by atoms with Gasteiger partial charge in [0.25, 0.3) is 0 Å². The Morgan fingerprint density at radius 2 is 1.96 bits per heavy atom. The van der Waals surface area contributed by atoms with E-state index >= 15 is 0 Å². The second-order valence-electron chi connectivity index (χ2n) is 7.67. The summed E-state index contributed by atoms with van der Waals surface area (Å²) in [6.45, 7) is 1.08. The summed E-state index contributed by atoms with van der Waals surface area (Å²) in [5.41, 5.74) is 4.15. The maximum Gasteiger partial charge on any atom is 0.141 e. The fraction of sp³-hybridized carbons (Fsp3) is 0.364. The first-order valence-corrected chi connectivity index (χ1v) is 9.80. The van der Waals surface area contributed by atoms with Crippen LogP contribution in [-0.4, -0.2) is 14.5 Å². The lowest BCUT2D eigenvalue weighted by molar-refractivity contribution is 0.522. The summed E-state index contributed by atoms with van der Waals surface area (Å²) in [6.07, 6.45) is 11.1. The molecule has 1 unspecified atom stereocenters. The van der Waals surface area contributed by atoms with Gasteiger partial charge in [-0.25, -0.2) is 9.37 Å². The zero-order valence-electron chi connectivity index (χ0n) is 15.2. The van der Waals surface area contributed by atoms with Gasteiger partial charge in [-0.05, 0) is 55.4 Å². The normalized spacial score (nSPS) is 17.4. The highest BCUT2D eigenvalue weighted by Gasteiger charge is 2.32. The second kappa shape index (κ2) is 6.80. The van der Waals surface area contributed by atoms with Gasteiger partial charge in [0.05, 0.1) is 17.9 Å². The van der Waals surface area contributed by atoms with E-state index in [-0.39, 0.29) is 11.9 Å². The molecule has 4 nitrogen and oxygen atoms in total. The number of aromatic nitrogens is 3. The SMILES string of the molecule is Fc1cncc(C(Nc2ccc(-c3cn4c(n3)CCCC4)cc2)C2CC2)c1. The van der Waals surface area contributed by atoms with E-state index in [4.69, 9.17) is 4.98 Å². The number of nitrogens with zero attached hydrogens (tertiary/aromatic N) is 3. The molecule has 0 saturated heterocycles. The van der Waals surface area contributed by atoms with Crippen molar-refractivity contribution >= 4 is 5.69 Å². The fourth-order valence-corrected chi connectivity index (χ4v) is 3.97. The van der Waals surface area contributed by atoms with Crippen LogP contribution in [0.1, 0.15) is 43.1 Å². The maximum absolute atomic E-state index is 13.6. The number of hydrogen-bond donors (Lipinski definition) is 1. The highest BCUT2D eigenvalue weighted by Crippen LogP contribution is 2.43. The Bertz CT molecular complexity index is 920. The molecule has 0 spiro atoms. The molecule has 3 aromatic rings. The zero-order valence-corrected chi connectivity index (χ0v) is 15.2. The fourth-order valence-electron chi connectivity index (χ4n) is 3.97. The Morgan fingerprint density at radius 1 is 1.11 bits per heavy atom. The molecule has 1 atom stereocenters. The quantitative estimate of drug-likeness (QED) is 0.696. The number of nitrogens with one attached hydrogen (secondary N) is 1. The van der Waals surface area contributed by atoms with E-state index in [2.05, 4.69) is 45.3 Å². The monoisotopic (exact) mass is 362 g/mol. The lowest BCUT2D eigenvalue weighted by Crippen LogP contribution is -2.13. The third-order valence-corrected chi connectivity index (χ3v) is 5.59. The van der Waals surface area contributed by atoms with Crippen LogP contribution in [0, 0.1) is 11.7 Å². The minimum absolute atomic E-state index is 0.110. The third-order valence-electron chi connectivity index (χ3n) is 5.59. The first-order chi connectivity index (χ1) is 13.3. The summed E-state index contributed by atoms with van der Waals surface area (Å²) in [7, 11) is 0. The summed E-state index contributed by atoms with van der Waals surface area (Å²) < 4.78 is 15.9. The van der Waals surface area contributed by atoms with Gasteiger partial charge < -0.3 is 9.88 Å². The molecule has 5 rings (SSSR count). The van der Waals surface area contributed by atoms with Crippen LogP contribution < -0.4 is 5.32 Å². The summed E-state index contributed by atoms with van der Waals surface area (Å²) in [5, 5.41) is 3.58. The molecule has 0 bridgehead atoms. The van der Waals surface area contributed by atoms with E-state index in [0.717, 1.165) is 35.5 Å². The molecule has 1 saturated carbocycles. The van der Waals surface area contributed by atoms with Crippen LogP contribution in [0.3, 0.4) is 0 Å². The smallest absolute Gasteiger partial charge is 0.141 e. The van der Waals surface area contributed by atoms with Crippen LogP contribution in [0.2, 0.25) is 0 Å². The molecule has 1 fully saturated rings. The van der Waals surface area contributed by atoms with E-state index in [9.17, 15) is 4.39 Å². The summed E-state index contributed by atoms with van der Waals surface area (Å²) in [4.78, 5) is 8.82. The lowest BCUT2D eigenvalue weighted by Gasteiger charge is -2.20. The molecule has 0 radical (unpaired) electrons.